The molecule has 0 radical (unpaired) electrons. The van der Waals surface area contributed by atoms with Gasteiger partial charge in [-0.15, -0.1) is 0 Å². The van der Waals surface area contributed by atoms with Gasteiger partial charge in [-0.3, -0.25) is 9.13 Å². The summed E-state index contributed by atoms with van der Waals surface area (Å²) in [5.74, 6) is 2.82. The van der Waals surface area contributed by atoms with Crippen LogP contribution in [-0.4, -0.2) is 21.3 Å². The number of nitrogens with zero attached hydrogens (tertiary/aromatic N) is 1. The normalized spacial score (nSPS) is 15.3. The summed E-state index contributed by atoms with van der Waals surface area (Å²) < 4.78 is 72.2. The van der Waals surface area contributed by atoms with Crippen LogP contribution in [-0.2, 0) is 15.7 Å². The minimum atomic E-state index is -3.94. The number of hydrogen-bond acceptors (Lipinski definition) is 9. The highest BCUT2D eigenvalue weighted by molar-refractivity contribution is 7.75. The number of benzene rings is 14. The molecule has 0 spiro atoms. The molecule has 2 atom stereocenters. The van der Waals surface area contributed by atoms with Gasteiger partial charge in [0.1, 0.15) is 41.1 Å². The molecule has 16 rings (SSSR count). The third kappa shape index (κ3) is 8.97. The fourth-order valence-corrected chi connectivity index (χ4v) is 18.7. The monoisotopic (exact) mass is 1230 g/mol. The molecule has 0 aromatic heterocycles. The molecule has 0 bridgehead atoms. The molecule has 0 aliphatic carbocycles. The van der Waals surface area contributed by atoms with E-state index in [-0.39, 0.29) is 6.61 Å². The van der Waals surface area contributed by atoms with Crippen LogP contribution in [0.25, 0.3) is 110 Å². The molecule has 2 heterocycles. The molecular formula is C81H55NO8P2. The van der Waals surface area contributed by atoms with E-state index < -0.39 is 14.7 Å². The summed E-state index contributed by atoms with van der Waals surface area (Å²) in [4.78, 5) is 0. The zero-order valence-electron chi connectivity index (χ0n) is 50.2. The van der Waals surface area contributed by atoms with Gasteiger partial charge in [0.15, 0.2) is 0 Å². The van der Waals surface area contributed by atoms with E-state index in [1.54, 1.807) is 27.4 Å². The SMILES string of the molecule is COc1cc(P2(=O)Oc3ccccc3-c3ccccc32)c(OC)c2cc3c(-c4ccc(COc5cc(P6(=O)Oc7ccccc7-c7ccccc76)c(OC)c6cc7cc(C#N)ccc7cc56)cc4)c(-c4ccccc4)c(-c4ccccc4)c(-c4ccccc4)c3cc12. The zero-order valence-corrected chi connectivity index (χ0v) is 52.0. The van der Waals surface area contributed by atoms with E-state index in [4.69, 9.17) is 28.0 Å². The minimum Gasteiger partial charge on any atom is -0.496 e. The van der Waals surface area contributed by atoms with E-state index >= 15 is 9.13 Å². The number of rotatable bonds is 12. The van der Waals surface area contributed by atoms with Gasteiger partial charge < -0.3 is 28.0 Å². The fourth-order valence-electron chi connectivity index (χ4n) is 13.8. The number of nitriles is 1. The highest BCUT2D eigenvalue weighted by Gasteiger charge is 2.43. The molecule has 14 aromatic carbocycles. The van der Waals surface area contributed by atoms with Crippen LogP contribution in [0.4, 0.5) is 0 Å². The summed E-state index contributed by atoms with van der Waals surface area (Å²) in [5.41, 5.74) is 12.8. The number of methoxy groups -OCH3 is 3. The van der Waals surface area contributed by atoms with E-state index in [0.29, 0.717) is 72.1 Å². The Balaban J connectivity index is 0.908. The molecule has 0 saturated carbocycles. The quantitative estimate of drug-likeness (QED) is 0.0871. The lowest BCUT2D eigenvalue weighted by molar-refractivity contribution is 0.310. The molecule has 2 unspecified atom stereocenters. The molecule has 2 aliphatic rings. The van der Waals surface area contributed by atoms with Crippen molar-refractivity contribution in [3.63, 3.8) is 0 Å². The fraction of sp³-hybridized carbons (Fsp3) is 0.0494. The Morgan fingerprint density at radius 3 is 1.29 bits per heavy atom. The topological polar surface area (TPSA) is 113 Å². The van der Waals surface area contributed by atoms with Crippen LogP contribution < -0.4 is 49.2 Å². The molecule has 0 amide bonds. The summed E-state index contributed by atoms with van der Waals surface area (Å²) >= 11 is 0. The number of ether oxygens (including phenoxy) is 4. The van der Waals surface area contributed by atoms with E-state index in [1.807, 2.05) is 152 Å². The van der Waals surface area contributed by atoms with Gasteiger partial charge >= 0.3 is 14.7 Å². The Kier molecular flexibility index (Phi) is 13.7. The van der Waals surface area contributed by atoms with Crippen molar-refractivity contribution in [3.05, 3.63) is 278 Å². The van der Waals surface area contributed by atoms with Gasteiger partial charge in [-0.2, -0.15) is 5.26 Å². The van der Waals surface area contributed by atoms with Crippen LogP contribution in [0.5, 0.6) is 34.5 Å². The van der Waals surface area contributed by atoms with Crippen molar-refractivity contribution >= 4 is 79.0 Å². The lowest BCUT2D eigenvalue weighted by atomic mass is 9.78. The third-order valence-corrected chi connectivity index (χ3v) is 22.8. The van der Waals surface area contributed by atoms with Gasteiger partial charge in [-0.25, -0.2) is 0 Å². The van der Waals surface area contributed by atoms with Crippen LogP contribution in [0.3, 0.4) is 0 Å². The highest BCUT2D eigenvalue weighted by atomic mass is 31.2. The smallest absolute Gasteiger partial charge is 0.311 e. The van der Waals surface area contributed by atoms with Crippen molar-refractivity contribution in [2.75, 3.05) is 21.3 Å². The van der Waals surface area contributed by atoms with E-state index in [9.17, 15) is 5.26 Å². The van der Waals surface area contributed by atoms with Crippen LogP contribution in [0, 0.1) is 11.3 Å². The van der Waals surface area contributed by atoms with Crippen molar-refractivity contribution in [1.82, 2.24) is 0 Å². The van der Waals surface area contributed by atoms with Crippen molar-refractivity contribution in [2.45, 2.75) is 6.61 Å². The zero-order chi connectivity index (χ0) is 62.2. The van der Waals surface area contributed by atoms with Gasteiger partial charge in [-0.05, 0) is 156 Å². The van der Waals surface area contributed by atoms with Gasteiger partial charge in [0.2, 0.25) is 0 Å². The summed E-state index contributed by atoms with van der Waals surface area (Å²) in [5, 5.41) is 18.3. The number of para-hydroxylation sites is 2. The molecule has 14 aromatic rings. The minimum absolute atomic E-state index is 0.131. The molecule has 0 fully saturated rings. The van der Waals surface area contributed by atoms with Crippen LogP contribution in [0.1, 0.15) is 11.1 Å². The van der Waals surface area contributed by atoms with Gasteiger partial charge in [0.05, 0.1) is 54.2 Å². The molecule has 442 valence electrons. The maximum absolute atomic E-state index is 16.3. The highest BCUT2D eigenvalue weighted by Crippen LogP contribution is 2.60. The van der Waals surface area contributed by atoms with Gasteiger partial charge in [0, 0.05) is 32.7 Å². The predicted octanol–water partition coefficient (Wildman–Crippen LogP) is 19.0. The average Bonchev–Trinajstić information content (AvgIpc) is 0.725. The maximum atomic E-state index is 16.3. The Morgan fingerprint density at radius 1 is 0.359 bits per heavy atom. The second-order valence-electron chi connectivity index (χ2n) is 23.0. The first-order valence-electron chi connectivity index (χ1n) is 30.3. The first-order valence-corrected chi connectivity index (χ1v) is 33.5. The predicted molar refractivity (Wildman–Crippen MR) is 372 cm³/mol. The second kappa shape index (κ2) is 22.4. The van der Waals surface area contributed by atoms with Crippen molar-refractivity contribution < 1.29 is 37.1 Å². The lowest BCUT2D eigenvalue weighted by Gasteiger charge is -2.30. The molecule has 9 nitrogen and oxygen atoms in total. The number of hydrogen-bond donors (Lipinski definition) is 0. The van der Waals surface area contributed by atoms with E-state index in [2.05, 4.69) is 115 Å². The average molecular weight is 1230 g/mol. The lowest BCUT2D eigenvalue weighted by Crippen LogP contribution is -2.26. The largest absolute Gasteiger partial charge is 0.496 e. The standard InChI is InChI=1S/C81H55NO8P2/c1-85-70-46-74(91(83)72-33-19-15-29-60(72)58-27-13-17-31-68(58)89-91)81(87-3)67-45-65-64(44-63(67)70)76(52-21-7-4-8-22-52)78(53-23-9-5-10-24-53)79(54-25-11-6-12-26-54)77(65)55-38-35-50(36-39-55)49-88-71-47-75(80(86-2)66-43-57-41-51(48-82)37-40-56(57)42-62(66)71)92(84)73-34-20-16-30-61(73)59-28-14-18-32-69(59)90-92/h4-47H,49H2,1-3H3. The third-order valence-electron chi connectivity index (χ3n) is 17.9. The van der Waals surface area contributed by atoms with E-state index in [1.165, 1.54) is 0 Å². The summed E-state index contributed by atoms with van der Waals surface area (Å²) in [6.07, 6.45) is 0. The molecule has 0 N–H and O–H groups in total. The molecule has 92 heavy (non-hydrogen) atoms. The Morgan fingerprint density at radius 2 is 0.783 bits per heavy atom. The van der Waals surface area contributed by atoms with Crippen molar-refractivity contribution in [2.24, 2.45) is 0 Å². The van der Waals surface area contributed by atoms with E-state index in [0.717, 1.165) is 105 Å². The summed E-state index contributed by atoms with van der Waals surface area (Å²) in [6.45, 7) is 0.131. The molecule has 0 saturated heterocycles. The van der Waals surface area contributed by atoms with Crippen molar-refractivity contribution in [1.29, 1.82) is 5.26 Å². The maximum Gasteiger partial charge on any atom is 0.311 e. The van der Waals surface area contributed by atoms with Crippen molar-refractivity contribution in [3.8, 4) is 107 Å². The Hall–Kier alpha value is -11.1. The molecule has 2 aliphatic heterocycles. The Bertz CT molecular complexity index is 5500. The van der Waals surface area contributed by atoms with Crippen LogP contribution >= 0.6 is 14.7 Å². The molecule has 11 heteroatoms. The number of fused-ring (bicyclic) bond motifs is 10. The second-order valence-corrected chi connectivity index (χ2v) is 27.5. The Labute approximate surface area is 531 Å². The first-order chi connectivity index (χ1) is 45.2. The molecular weight excluding hydrogens is 1180 g/mol. The first kappa shape index (κ1) is 56.1. The van der Waals surface area contributed by atoms with Gasteiger partial charge in [-0.1, -0.05) is 194 Å². The van der Waals surface area contributed by atoms with Crippen LogP contribution in [0.15, 0.2) is 267 Å². The van der Waals surface area contributed by atoms with Crippen LogP contribution in [0.2, 0.25) is 0 Å². The summed E-state index contributed by atoms with van der Waals surface area (Å²) in [7, 11) is -3.03. The summed E-state index contributed by atoms with van der Waals surface area (Å²) in [6, 6.07) is 90.8. The van der Waals surface area contributed by atoms with Gasteiger partial charge in [0.25, 0.3) is 0 Å².